The maximum absolute atomic E-state index is 12.7. The Kier molecular flexibility index (Phi) is 7.07. The standard InChI is InChI=1S/C27H34NO2PSi/c1-32(2,3)26(29)21-30-27-25(19-20-28-27)31(22-13-7-4-8-14-22,23-15-9-5-10-16-23)24-17-11-6-12-18-24/h4-18,25,27-28,31H,19-21H2,1-3H3/t25-,27-/m0/s1. The van der Waals surface area contributed by atoms with Crippen molar-refractivity contribution >= 4 is 36.7 Å². The van der Waals surface area contributed by atoms with Crippen LogP contribution in [0.2, 0.25) is 19.6 Å². The van der Waals surface area contributed by atoms with Crippen LogP contribution in [0.15, 0.2) is 91.0 Å². The molecule has 3 aromatic rings. The van der Waals surface area contributed by atoms with Crippen LogP contribution < -0.4 is 21.2 Å². The number of ether oxygens (including phenoxy) is 1. The first-order valence-electron chi connectivity index (χ1n) is 11.5. The summed E-state index contributed by atoms with van der Waals surface area (Å²) in [5.41, 5.74) is 0.282. The van der Waals surface area contributed by atoms with Crippen molar-refractivity contribution in [3.05, 3.63) is 91.0 Å². The van der Waals surface area contributed by atoms with Crippen molar-refractivity contribution in [2.45, 2.75) is 37.9 Å². The molecular weight excluding hydrogens is 429 g/mol. The second-order valence-corrected chi connectivity index (χ2v) is 18.8. The fourth-order valence-corrected chi connectivity index (χ4v) is 11.1. The zero-order valence-corrected chi connectivity index (χ0v) is 21.3. The number of benzene rings is 3. The maximum atomic E-state index is 12.7. The third-order valence-electron chi connectivity index (χ3n) is 6.64. The van der Waals surface area contributed by atoms with Crippen LogP contribution in [0.1, 0.15) is 6.42 Å². The minimum absolute atomic E-state index is 0.136. The molecular formula is C27H34NO2PSi. The van der Waals surface area contributed by atoms with E-state index in [1.165, 1.54) is 15.9 Å². The molecule has 1 saturated heterocycles. The zero-order chi connectivity index (χ0) is 22.6. The van der Waals surface area contributed by atoms with Gasteiger partial charge in [-0.25, -0.2) is 0 Å². The quantitative estimate of drug-likeness (QED) is 0.407. The predicted molar refractivity (Wildman–Crippen MR) is 141 cm³/mol. The van der Waals surface area contributed by atoms with Crippen molar-refractivity contribution in [1.82, 2.24) is 5.32 Å². The second kappa shape index (κ2) is 9.80. The molecule has 32 heavy (non-hydrogen) atoms. The molecule has 4 rings (SSSR count). The van der Waals surface area contributed by atoms with Gasteiger partial charge in [0.1, 0.15) is 0 Å². The van der Waals surface area contributed by atoms with Gasteiger partial charge in [0.2, 0.25) is 0 Å². The van der Waals surface area contributed by atoms with E-state index in [0.717, 1.165) is 13.0 Å². The molecule has 0 unspecified atom stereocenters. The monoisotopic (exact) mass is 463 g/mol. The summed E-state index contributed by atoms with van der Waals surface area (Å²) in [4.78, 5) is 12.7. The molecule has 1 aliphatic rings. The van der Waals surface area contributed by atoms with Crippen LogP contribution in [0.25, 0.3) is 0 Å². The van der Waals surface area contributed by atoms with E-state index in [-0.39, 0.29) is 23.9 Å². The first-order valence-corrected chi connectivity index (χ1v) is 17.1. The van der Waals surface area contributed by atoms with Gasteiger partial charge in [-0.05, 0) is 0 Å². The second-order valence-electron chi connectivity index (χ2n) is 9.66. The van der Waals surface area contributed by atoms with Crippen LogP contribution in [0.4, 0.5) is 0 Å². The van der Waals surface area contributed by atoms with Gasteiger partial charge in [-0.3, -0.25) is 0 Å². The van der Waals surface area contributed by atoms with Crippen molar-refractivity contribution < 1.29 is 9.53 Å². The number of carbonyl (C=O) groups excluding carboxylic acids is 1. The fourth-order valence-electron chi connectivity index (χ4n) is 4.92. The molecule has 3 aromatic carbocycles. The van der Waals surface area contributed by atoms with E-state index in [0.29, 0.717) is 0 Å². The first-order chi connectivity index (χ1) is 15.4. The Hall–Kier alpha value is -2.10. The van der Waals surface area contributed by atoms with E-state index >= 15 is 0 Å². The molecule has 0 radical (unpaired) electrons. The summed E-state index contributed by atoms with van der Waals surface area (Å²) in [6.45, 7) is 7.38. The van der Waals surface area contributed by atoms with E-state index in [4.69, 9.17) is 4.74 Å². The molecule has 1 heterocycles. The minimum atomic E-state index is -2.46. The molecule has 0 spiro atoms. The van der Waals surface area contributed by atoms with E-state index < -0.39 is 15.3 Å². The molecule has 1 aliphatic heterocycles. The third-order valence-corrected chi connectivity index (χ3v) is 13.9. The number of carbonyl (C=O) groups is 1. The van der Waals surface area contributed by atoms with Gasteiger partial charge in [0.05, 0.1) is 0 Å². The summed E-state index contributed by atoms with van der Waals surface area (Å²) in [5, 5.41) is 8.03. The summed E-state index contributed by atoms with van der Waals surface area (Å²) in [6, 6.07) is 32.9. The predicted octanol–water partition coefficient (Wildman–Crippen LogP) is 3.86. The van der Waals surface area contributed by atoms with Crippen LogP contribution in [0, 0.1) is 0 Å². The third kappa shape index (κ3) is 4.51. The van der Waals surface area contributed by atoms with Crippen molar-refractivity contribution in [1.29, 1.82) is 0 Å². The van der Waals surface area contributed by atoms with Gasteiger partial charge in [-0.2, -0.15) is 0 Å². The summed E-state index contributed by atoms with van der Waals surface area (Å²) >= 11 is 0. The number of rotatable bonds is 8. The van der Waals surface area contributed by atoms with E-state index in [9.17, 15) is 4.79 Å². The molecule has 1 N–H and O–H groups in total. The van der Waals surface area contributed by atoms with Gasteiger partial charge in [0.25, 0.3) is 0 Å². The van der Waals surface area contributed by atoms with Gasteiger partial charge in [-0.1, -0.05) is 0 Å². The Morgan fingerprint density at radius 2 is 1.28 bits per heavy atom. The van der Waals surface area contributed by atoms with Gasteiger partial charge < -0.3 is 0 Å². The summed E-state index contributed by atoms with van der Waals surface area (Å²) < 4.78 is 6.38. The molecule has 0 saturated carbocycles. The molecule has 5 heteroatoms. The molecule has 168 valence electrons. The number of hydrogen-bond donors (Lipinski definition) is 1. The first kappa shape index (κ1) is 23.1. The van der Waals surface area contributed by atoms with Crippen molar-refractivity contribution in [3.63, 3.8) is 0 Å². The molecule has 0 bridgehead atoms. The molecule has 1 fully saturated rings. The Bertz CT molecular complexity index is 925. The summed E-state index contributed by atoms with van der Waals surface area (Å²) in [5.74, 6) is 0. The van der Waals surface area contributed by atoms with Crippen molar-refractivity contribution in [2.75, 3.05) is 13.2 Å². The van der Waals surface area contributed by atoms with Gasteiger partial charge >= 0.3 is 194 Å². The molecule has 0 amide bonds. The van der Waals surface area contributed by atoms with Crippen molar-refractivity contribution in [3.8, 4) is 0 Å². The van der Waals surface area contributed by atoms with Crippen LogP contribution in [-0.2, 0) is 9.53 Å². The van der Waals surface area contributed by atoms with Crippen LogP contribution >= 0.6 is 7.26 Å². The van der Waals surface area contributed by atoms with Gasteiger partial charge in [-0.15, -0.1) is 0 Å². The molecule has 3 nitrogen and oxygen atoms in total. The fraction of sp³-hybridized carbons (Fsp3) is 0.296. The van der Waals surface area contributed by atoms with Gasteiger partial charge in [0.15, 0.2) is 0 Å². The van der Waals surface area contributed by atoms with E-state index in [1.807, 2.05) is 0 Å². The Labute approximate surface area is 193 Å². The van der Waals surface area contributed by atoms with E-state index in [2.05, 4.69) is 116 Å². The number of nitrogens with one attached hydrogen (secondary N) is 1. The average molecular weight is 464 g/mol. The Morgan fingerprint density at radius 1 is 0.844 bits per heavy atom. The molecule has 0 aliphatic carbocycles. The average Bonchev–Trinajstić information content (AvgIpc) is 3.28. The Balaban J connectivity index is 1.85. The van der Waals surface area contributed by atoms with Crippen LogP contribution in [0.3, 0.4) is 0 Å². The molecule has 0 aromatic heterocycles. The van der Waals surface area contributed by atoms with E-state index in [1.54, 1.807) is 0 Å². The topological polar surface area (TPSA) is 38.3 Å². The Morgan fingerprint density at radius 3 is 1.69 bits per heavy atom. The number of hydrogen-bond acceptors (Lipinski definition) is 3. The van der Waals surface area contributed by atoms with Crippen LogP contribution in [0.5, 0.6) is 0 Å². The molecule has 2 atom stereocenters. The van der Waals surface area contributed by atoms with Gasteiger partial charge in [0, 0.05) is 0 Å². The zero-order valence-electron chi connectivity index (χ0n) is 19.3. The summed E-state index contributed by atoms with van der Waals surface area (Å²) in [6.07, 6.45) is 0.888. The van der Waals surface area contributed by atoms with Crippen LogP contribution in [-0.4, -0.2) is 38.5 Å². The normalized spacial score (nSPS) is 19.6. The SMILES string of the molecule is C[Si](C)(C)C(=O)CO[C@@H]1NCC[C@@H]1[PH](c1ccccc1)(c1ccccc1)c1ccccc1. The van der Waals surface area contributed by atoms with Crippen molar-refractivity contribution in [2.24, 2.45) is 0 Å². The summed E-state index contributed by atoms with van der Waals surface area (Å²) in [7, 11) is -4.33.